The van der Waals surface area contributed by atoms with Crippen molar-refractivity contribution < 1.29 is 14.6 Å². The molecular formula is C25H32N8O3. The molecule has 1 aliphatic rings. The fraction of sp³-hybridized carbons (Fsp3) is 0.440. The summed E-state index contributed by atoms with van der Waals surface area (Å²) in [6, 6.07) is 1.80. The summed E-state index contributed by atoms with van der Waals surface area (Å²) in [6.45, 7) is 9.38. The minimum absolute atomic E-state index is 0.0364. The Morgan fingerprint density at radius 1 is 1.31 bits per heavy atom. The molecule has 2 atom stereocenters. The summed E-state index contributed by atoms with van der Waals surface area (Å²) in [5, 5.41) is 31.2. The number of H-pyrrole nitrogens is 1. The Bertz CT molecular complexity index is 1420. The second-order valence-corrected chi connectivity index (χ2v) is 9.08. The summed E-state index contributed by atoms with van der Waals surface area (Å²) in [6.07, 6.45) is 5.57. The van der Waals surface area contributed by atoms with Crippen LogP contribution in [0.4, 0.5) is 0 Å². The Morgan fingerprint density at radius 2 is 2.14 bits per heavy atom. The molecule has 0 unspecified atom stereocenters. The zero-order chi connectivity index (χ0) is 25.4. The average Bonchev–Trinajstić information content (AvgIpc) is 3.50. The Balaban J connectivity index is 1.69. The summed E-state index contributed by atoms with van der Waals surface area (Å²) in [4.78, 5) is 4.68. The van der Waals surface area contributed by atoms with Gasteiger partial charge < -0.3 is 19.9 Å². The van der Waals surface area contributed by atoms with Gasteiger partial charge in [0.1, 0.15) is 6.10 Å². The number of ether oxygens (including phenoxy) is 2. The van der Waals surface area contributed by atoms with Gasteiger partial charge in [-0.25, -0.2) is 4.68 Å². The number of fused-ring (bicyclic) bond motifs is 4. The topological polar surface area (TPSA) is 128 Å². The molecule has 2 bridgehead atoms. The number of rotatable bonds is 4. The predicted molar refractivity (Wildman–Crippen MR) is 137 cm³/mol. The molecule has 190 valence electrons. The van der Waals surface area contributed by atoms with E-state index in [2.05, 4.69) is 30.7 Å². The van der Waals surface area contributed by atoms with Crippen LogP contribution in [0.15, 0.2) is 12.3 Å². The number of aliphatic hydroxyl groups is 1. The molecule has 0 saturated carbocycles. The van der Waals surface area contributed by atoms with Gasteiger partial charge in [0.05, 0.1) is 64.9 Å². The summed E-state index contributed by atoms with van der Waals surface area (Å²) >= 11 is 0. The van der Waals surface area contributed by atoms with E-state index in [4.69, 9.17) is 9.47 Å². The maximum Gasteiger partial charge on any atom is 0.240 e. The lowest BCUT2D eigenvalue weighted by Gasteiger charge is -2.18. The van der Waals surface area contributed by atoms with Gasteiger partial charge >= 0.3 is 0 Å². The number of hydrogen-bond acceptors (Lipinski definition) is 8. The second kappa shape index (κ2) is 9.75. The first-order valence-corrected chi connectivity index (χ1v) is 12.2. The number of aryl methyl sites for hydroxylation is 2. The van der Waals surface area contributed by atoms with E-state index in [-0.39, 0.29) is 18.8 Å². The molecule has 11 nitrogen and oxygen atoms in total. The van der Waals surface area contributed by atoms with Crippen molar-refractivity contribution >= 4 is 23.1 Å². The smallest absolute Gasteiger partial charge is 0.240 e. The van der Waals surface area contributed by atoms with E-state index in [1.807, 2.05) is 57.6 Å². The quantitative estimate of drug-likeness (QED) is 0.397. The molecule has 4 aromatic rings. The van der Waals surface area contributed by atoms with Crippen LogP contribution in [0.1, 0.15) is 49.5 Å². The van der Waals surface area contributed by atoms with Gasteiger partial charge in [-0.1, -0.05) is 0 Å². The van der Waals surface area contributed by atoms with Crippen molar-refractivity contribution in [1.29, 1.82) is 0 Å². The monoisotopic (exact) mass is 492 g/mol. The summed E-state index contributed by atoms with van der Waals surface area (Å²) in [7, 11) is 1.88. The van der Waals surface area contributed by atoms with Gasteiger partial charge in [-0.05, 0) is 45.9 Å². The number of pyridine rings is 1. The first-order chi connectivity index (χ1) is 17.4. The van der Waals surface area contributed by atoms with E-state index in [9.17, 15) is 5.11 Å². The minimum Gasteiger partial charge on any atom is -0.476 e. The van der Waals surface area contributed by atoms with Gasteiger partial charge in [0.25, 0.3) is 0 Å². The molecule has 0 spiro atoms. The maximum absolute atomic E-state index is 9.86. The first kappa shape index (κ1) is 24.0. The highest BCUT2D eigenvalue weighted by atomic mass is 16.5. The molecule has 3 N–H and O–H groups in total. The summed E-state index contributed by atoms with van der Waals surface area (Å²) < 4.78 is 15.8. The molecule has 11 heteroatoms. The van der Waals surface area contributed by atoms with Crippen LogP contribution >= 0.6 is 0 Å². The third-order valence-electron chi connectivity index (χ3n) is 6.33. The van der Waals surface area contributed by atoms with Gasteiger partial charge in [0.2, 0.25) is 11.8 Å². The zero-order valence-electron chi connectivity index (χ0n) is 21.2. The molecule has 5 rings (SSSR count). The molecular weight excluding hydrogens is 460 g/mol. The average molecular weight is 493 g/mol. The molecule has 1 aliphatic heterocycles. The van der Waals surface area contributed by atoms with Crippen molar-refractivity contribution in [2.45, 2.75) is 46.4 Å². The van der Waals surface area contributed by atoms with Gasteiger partial charge in [0, 0.05) is 25.5 Å². The van der Waals surface area contributed by atoms with Crippen LogP contribution in [-0.4, -0.2) is 65.7 Å². The van der Waals surface area contributed by atoms with Gasteiger partial charge in [0.15, 0.2) is 0 Å². The second-order valence-electron chi connectivity index (χ2n) is 9.08. The molecule has 36 heavy (non-hydrogen) atoms. The van der Waals surface area contributed by atoms with Gasteiger partial charge in [-0.15, -0.1) is 5.10 Å². The number of nitrogens with one attached hydrogen (secondary N) is 2. The molecule has 0 radical (unpaired) electrons. The Morgan fingerprint density at radius 3 is 2.92 bits per heavy atom. The van der Waals surface area contributed by atoms with Crippen molar-refractivity contribution in [3.8, 4) is 23.0 Å². The molecule has 5 heterocycles. The van der Waals surface area contributed by atoms with E-state index >= 15 is 0 Å². The molecule has 4 aromatic heterocycles. The van der Waals surface area contributed by atoms with Crippen molar-refractivity contribution in [1.82, 2.24) is 40.1 Å². The number of aromatic nitrogens is 7. The Kier molecular flexibility index (Phi) is 6.50. The number of aliphatic hydroxyl groups excluding tert-OH is 1. The van der Waals surface area contributed by atoms with Crippen LogP contribution in [0.25, 0.3) is 34.3 Å². The molecule has 0 saturated heterocycles. The third-order valence-corrected chi connectivity index (χ3v) is 6.33. The lowest BCUT2D eigenvalue weighted by Crippen LogP contribution is -2.30. The van der Waals surface area contributed by atoms with E-state index in [0.717, 1.165) is 44.8 Å². The van der Waals surface area contributed by atoms with Crippen LogP contribution in [0.5, 0.6) is 11.8 Å². The molecule has 0 amide bonds. The number of aromatic amines is 1. The van der Waals surface area contributed by atoms with E-state index < -0.39 is 0 Å². The number of nitrogens with zero attached hydrogens (tertiary/aromatic N) is 6. The van der Waals surface area contributed by atoms with Crippen LogP contribution in [0.3, 0.4) is 0 Å². The molecule has 0 aliphatic carbocycles. The van der Waals surface area contributed by atoms with Crippen molar-refractivity contribution in [2.24, 2.45) is 7.05 Å². The van der Waals surface area contributed by atoms with Gasteiger partial charge in [-0.3, -0.25) is 14.8 Å². The minimum atomic E-state index is -0.210. The highest BCUT2D eigenvalue weighted by Crippen LogP contribution is 2.35. The van der Waals surface area contributed by atoms with E-state index in [1.54, 1.807) is 10.9 Å². The fourth-order valence-electron chi connectivity index (χ4n) is 4.54. The standard InChI is InChI=1S/C25H32N8O3/c1-6-35-24-17-7-8-19-18-9-20(27-11-21(18)29-28-19)23-16(4)30-32(5)25(23)36-15(3)10-26-12-22(17)33(31-24)14(2)13-34/h7-9,11,14-15,26,34H,6,10,12-13H2,1-5H3,(H,28,29)/b8-7+/t14-,15-/m0/s1. The third kappa shape index (κ3) is 4.24. The van der Waals surface area contributed by atoms with Crippen molar-refractivity contribution in [3.63, 3.8) is 0 Å². The molecule has 0 aromatic carbocycles. The highest BCUT2D eigenvalue weighted by molar-refractivity contribution is 5.92. The predicted octanol–water partition coefficient (Wildman–Crippen LogP) is 2.86. The lowest BCUT2D eigenvalue weighted by atomic mass is 10.1. The normalized spacial score (nSPS) is 17.7. The first-order valence-electron chi connectivity index (χ1n) is 12.2. The summed E-state index contributed by atoms with van der Waals surface area (Å²) in [5.74, 6) is 1.19. The van der Waals surface area contributed by atoms with Gasteiger partial charge in [-0.2, -0.15) is 10.2 Å². The zero-order valence-corrected chi connectivity index (χ0v) is 21.2. The Hall–Kier alpha value is -3.70. The highest BCUT2D eigenvalue weighted by Gasteiger charge is 2.23. The SMILES string of the molecule is CCOc1nn([C@@H](C)CO)c2c1/C=C/c1n[nH]c3cnc(cc13)-c1c(C)nn(C)c1O[C@@H](C)CNC2. The fourth-order valence-corrected chi connectivity index (χ4v) is 4.54. The summed E-state index contributed by atoms with van der Waals surface area (Å²) in [5.41, 5.74) is 5.85. The van der Waals surface area contributed by atoms with E-state index in [0.29, 0.717) is 31.5 Å². The van der Waals surface area contributed by atoms with Crippen LogP contribution in [-0.2, 0) is 13.6 Å². The van der Waals surface area contributed by atoms with Crippen molar-refractivity contribution in [3.05, 3.63) is 34.9 Å². The molecule has 0 fully saturated rings. The van der Waals surface area contributed by atoms with Crippen LogP contribution in [0.2, 0.25) is 0 Å². The maximum atomic E-state index is 9.86. The van der Waals surface area contributed by atoms with Crippen molar-refractivity contribution in [2.75, 3.05) is 19.8 Å². The lowest BCUT2D eigenvalue weighted by molar-refractivity contribution is 0.198. The Labute approximate surface area is 209 Å². The van der Waals surface area contributed by atoms with E-state index in [1.165, 1.54) is 0 Å². The van der Waals surface area contributed by atoms with Crippen LogP contribution in [0, 0.1) is 6.92 Å². The number of hydrogen-bond donors (Lipinski definition) is 3. The van der Waals surface area contributed by atoms with Crippen LogP contribution < -0.4 is 14.8 Å². The largest absolute Gasteiger partial charge is 0.476 e.